The van der Waals surface area contributed by atoms with Crippen LogP contribution in [0.15, 0.2) is 0 Å². The lowest BCUT2D eigenvalue weighted by Crippen LogP contribution is -2.33. The fourth-order valence-corrected chi connectivity index (χ4v) is 1.87. The first-order valence-electron chi connectivity index (χ1n) is 7.38. The van der Waals surface area contributed by atoms with Crippen LogP contribution in [-0.4, -0.2) is 33.6 Å². The van der Waals surface area contributed by atoms with Crippen molar-refractivity contribution in [2.75, 3.05) is 17.2 Å². The maximum Gasteiger partial charge on any atom is 0.323 e. The van der Waals surface area contributed by atoms with Crippen molar-refractivity contribution in [1.29, 1.82) is 0 Å². The molecular weight excluding hydrogens is 254 g/mol. The minimum Gasteiger partial charge on any atom is -0.461 e. The Labute approximate surface area is 121 Å². The number of unbranched alkanes of at least 4 members (excludes halogenated alkanes) is 2. The van der Waals surface area contributed by atoms with Gasteiger partial charge in [0, 0.05) is 12.6 Å². The molecule has 1 rings (SSSR count). The van der Waals surface area contributed by atoms with Crippen LogP contribution in [0.2, 0.25) is 0 Å². The molecule has 0 atom stereocenters. The van der Waals surface area contributed by atoms with Crippen LogP contribution in [0.4, 0.5) is 11.9 Å². The van der Waals surface area contributed by atoms with Crippen LogP contribution in [-0.2, 0) is 0 Å². The van der Waals surface area contributed by atoms with E-state index in [-0.39, 0.29) is 12.1 Å². The third-order valence-corrected chi connectivity index (χ3v) is 2.84. The van der Waals surface area contributed by atoms with Crippen molar-refractivity contribution in [2.24, 2.45) is 0 Å². The van der Waals surface area contributed by atoms with Gasteiger partial charge in [0.05, 0.1) is 6.10 Å². The molecule has 2 N–H and O–H groups in total. The molecule has 6 heteroatoms. The van der Waals surface area contributed by atoms with Gasteiger partial charge in [-0.2, -0.15) is 15.0 Å². The summed E-state index contributed by atoms with van der Waals surface area (Å²) in [6.07, 6.45) is 3.50. The molecule has 1 aromatic heterocycles. The van der Waals surface area contributed by atoms with Crippen molar-refractivity contribution < 1.29 is 4.74 Å². The van der Waals surface area contributed by atoms with Gasteiger partial charge >= 0.3 is 6.01 Å². The van der Waals surface area contributed by atoms with Gasteiger partial charge < -0.3 is 15.4 Å². The van der Waals surface area contributed by atoms with E-state index in [1.165, 1.54) is 12.8 Å². The Morgan fingerprint density at radius 2 is 1.80 bits per heavy atom. The van der Waals surface area contributed by atoms with Crippen LogP contribution in [0, 0.1) is 0 Å². The monoisotopic (exact) mass is 281 g/mol. The van der Waals surface area contributed by atoms with E-state index in [2.05, 4.69) is 40.6 Å². The molecule has 0 spiro atoms. The van der Waals surface area contributed by atoms with Gasteiger partial charge in [-0.1, -0.05) is 19.8 Å². The minimum absolute atomic E-state index is 0.0113. The van der Waals surface area contributed by atoms with E-state index in [1.807, 2.05) is 13.8 Å². The Balaban J connectivity index is 2.91. The number of aromatic nitrogens is 3. The Kier molecular flexibility index (Phi) is 6.48. The second-order valence-corrected chi connectivity index (χ2v) is 5.44. The van der Waals surface area contributed by atoms with Gasteiger partial charge in [0.2, 0.25) is 11.9 Å². The number of rotatable bonds is 8. The molecule has 0 saturated heterocycles. The van der Waals surface area contributed by atoms with Crippen LogP contribution in [0.1, 0.15) is 53.9 Å². The standard InChI is InChI=1S/C14H27N5O/c1-6-7-8-9-19(10(2)3)13-16-12(15)17-14(18-13)20-11(4)5/h10-11H,6-9H2,1-5H3,(H2,15,16,17,18). The van der Waals surface area contributed by atoms with E-state index in [4.69, 9.17) is 10.5 Å². The van der Waals surface area contributed by atoms with Crippen LogP contribution < -0.4 is 15.4 Å². The fourth-order valence-electron chi connectivity index (χ4n) is 1.87. The summed E-state index contributed by atoms with van der Waals surface area (Å²) in [7, 11) is 0. The van der Waals surface area contributed by atoms with Gasteiger partial charge in [0.1, 0.15) is 0 Å². The molecule has 0 fully saturated rings. The molecule has 6 nitrogen and oxygen atoms in total. The van der Waals surface area contributed by atoms with E-state index in [0.29, 0.717) is 18.0 Å². The van der Waals surface area contributed by atoms with E-state index in [9.17, 15) is 0 Å². The van der Waals surface area contributed by atoms with Crippen molar-refractivity contribution in [1.82, 2.24) is 15.0 Å². The van der Waals surface area contributed by atoms with Crippen molar-refractivity contribution >= 4 is 11.9 Å². The summed E-state index contributed by atoms with van der Waals surface area (Å²) in [5.74, 6) is 0.797. The summed E-state index contributed by atoms with van der Waals surface area (Å²) >= 11 is 0. The number of nitrogens with zero attached hydrogens (tertiary/aromatic N) is 4. The summed E-state index contributed by atoms with van der Waals surface area (Å²) in [4.78, 5) is 14.8. The predicted molar refractivity (Wildman–Crippen MR) is 82.0 cm³/mol. The zero-order valence-electron chi connectivity index (χ0n) is 13.3. The van der Waals surface area contributed by atoms with E-state index < -0.39 is 0 Å². The molecular formula is C14H27N5O. The average molecular weight is 281 g/mol. The lowest BCUT2D eigenvalue weighted by molar-refractivity contribution is 0.222. The van der Waals surface area contributed by atoms with E-state index in [0.717, 1.165) is 13.0 Å². The molecule has 1 aromatic rings. The number of nitrogen functional groups attached to an aromatic ring is 1. The Bertz CT molecular complexity index is 409. The van der Waals surface area contributed by atoms with Gasteiger partial charge in [-0.05, 0) is 34.1 Å². The van der Waals surface area contributed by atoms with Crippen LogP contribution in [0.25, 0.3) is 0 Å². The second-order valence-electron chi connectivity index (χ2n) is 5.44. The quantitative estimate of drug-likeness (QED) is 0.738. The zero-order valence-corrected chi connectivity index (χ0v) is 13.3. The summed E-state index contributed by atoms with van der Waals surface area (Å²) < 4.78 is 5.52. The summed E-state index contributed by atoms with van der Waals surface area (Å²) in [6.45, 7) is 11.2. The molecule has 0 radical (unpaired) electrons. The molecule has 0 aliphatic heterocycles. The molecule has 1 heterocycles. The molecule has 0 bridgehead atoms. The highest BCUT2D eigenvalue weighted by molar-refractivity contribution is 5.36. The molecule has 0 aliphatic carbocycles. The number of hydrogen-bond acceptors (Lipinski definition) is 6. The fraction of sp³-hybridized carbons (Fsp3) is 0.786. The van der Waals surface area contributed by atoms with Gasteiger partial charge in [-0.3, -0.25) is 0 Å². The van der Waals surface area contributed by atoms with Crippen LogP contribution in [0.5, 0.6) is 6.01 Å². The lowest BCUT2D eigenvalue weighted by atomic mass is 10.2. The van der Waals surface area contributed by atoms with E-state index in [1.54, 1.807) is 0 Å². The third kappa shape index (κ3) is 5.19. The van der Waals surface area contributed by atoms with Crippen molar-refractivity contribution in [3.63, 3.8) is 0 Å². The number of nitrogens with two attached hydrogens (primary N) is 1. The largest absolute Gasteiger partial charge is 0.461 e. The molecule has 114 valence electrons. The van der Waals surface area contributed by atoms with Crippen molar-refractivity contribution in [3.8, 4) is 6.01 Å². The molecule has 0 aromatic carbocycles. The summed E-state index contributed by atoms with van der Waals surface area (Å²) in [5, 5.41) is 0. The first-order chi connectivity index (χ1) is 9.43. The van der Waals surface area contributed by atoms with Crippen molar-refractivity contribution in [2.45, 2.75) is 66.0 Å². The van der Waals surface area contributed by atoms with Gasteiger partial charge in [0.25, 0.3) is 0 Å². The first-order valence-corrected chi connectivity index (χ1v) is 7.38. The minimum atomic E-state index is 0.0113. The highest BCUT2D eigenvalue weighted by Crippen LogP contribution is 2.17. The smallest absolute Gasteiger partial charge is 0.323 e. The summed E-state index contributed by atoms with van der Waals surface area (Å²) in [6, 6.07) is 0.601. The zero-order chi connectivity index (χ0) is 15.1. The molecule has 0 saturated carbocycles. The summed E-state index contributed by atoms with van der Waals surface area (Å²) in [5.41, 5.74) is 5.76. The second kappa shape index (κ2) is 7.87. The van der Waals surface area contributed by atoms with Crippen LogP contribution >= 0.6 is 0 Å². The van der Waals surface area contributed by atoms with Gasteiger partial charge in [-0.25, -0.2) is 0 Å². The number of ether oxygens (including phenoxy) is 1. The third-order valence-electron chi connectivity index (χ3n) is 2.84. The molecule has 0 unspecified atom stereocenters. The van der Waals surface area contributed by atoms with Crippen LogP contribution in [0.3, 0.4) is 0 Å². The maximum atomic E-state index is 5.76. The Morgan fingerprint density at radius 3 is 2.35 bits per heavy atom. The van der Waals surface area contributed by atoms with Gasteiger partial charge in [0.15, 0.2) is 0 Å². The normalized spacial score (nSPS) is 11.2. The Morgan fingerprint density at radius 1 is 1.10 bits per heavy atom. The Hall–Kier alpha value is -1.59. The topological polar surface area (TPSA) is 77.2 Å². The highest BCUT2D eigenvalue weighted by atomic mass is 16.5. The molecule has 0 amide bonds. The lowest BCUT2D eigenvalue weighted by Gasteiger charge is -2.27. The maximum absolute atomic E-state index is 5.76. The highest BCUT2D eigenvalue weighted by Gasteiger charge is 2.16. The number of anilines is 2. The van der Waals surface area contributed by atoms with E-state index >= 15 is 0 Å². The SMILES string of the molecule is CCCCCN(c1nc(N)nc(OC(C)C)n1)C(C)C. The van der Waals surface area contributed by atoms with Gasteiger partial charge in [-0.15, -0.1) is 0 Å². The average Bonchev–Trinajstić information content (AvgIpc) is 2.32. The predicted octanol–water partition coefficient (Wildman–Crippen LogP) is 2.65. The van der Waals surface area contributed by atoms with Crippen molar-refractivity contribution in [3.05, 3.63) is 0 Å². The molecule has 20 heavy (non-hydrogen) atoms. The number of hydrogen-bond donors (Lipinski definition) is 1. The first kappa shape index (κ1) is 16.5. The molecule has 0 aliphatic rings.